The van der Waals surface area contributed by atoms with Crippen LogP contribution in [-0.2, 0) is 15.1 Å². The van der Waals surface area contributed by atoms with E-state index in [0.29, 0.717) is 31.0 Å². The number of anilines is 3. The molecular weight excluding hydrogens is 296 g/mol. The van der Waals surface area contributed by atoms with E-state index in [1.165, 1.54) is 0 Å². The van der Waals surface area contributed by atoms with Crippen molar-refractivity contribution in [1.29, 1.82) is 0 Å². The van der Waals surface area contributed by atoms with Crippen molar-refractivity contribution >= 4 is 28.2 Å². The van der Waals surface area contributed by atoms with E-state index in [-0.39, 0.29) is 23.3 Å². The third-order valence-electron chi connectivity index (χ3n) is 2.31. The molecule has 0 amide bonds. The highest BCUT2D eigenvalue weighted by Gasteiger charge is 2.25. The summed E-state index contributed by atoms with van der Waals surface area (Å²) in [6.45, 7) is 2.14. The van der Waals surface area contributed by atoms with E-state index < -0.39 is 10.4 Å². The van der Waals surface area contributed by atoms with E-state index in [1.807, 2.05) is 0 Å². The first-order valence-corrected chi connectivity index (χ1v) is 6.58. The van der Waals surface area contributed by atoms with Crippen LogP contribution in [0, 0.1) is 0 Å². The zero-order valence-electron chi connectivity index (χ0n) is 10.2. The van der Waals surface area contributed by atoms with Gasteiger partial charge in [-0.25, -0.2) is 4.28 Å². The van der Waals surface area contributed by atoms with Gasteiger partial charge in [-0.3, -0.25) is 4.55 Å². The minimum absolute atomic E-state index is 0. The fourth-order valence-electron chi connectivity index (χ4n) is 1.51. The molecule has 20 heavy (non-hydrogen) atoms. The second-order valence-corrected chi connectivity index (χ2v) is 4.64. The molecule has 1 aromatic rings. The Kier molecular flexibility index (Phi) is 4.83. The maximum absolute atomic E-state index is 10.6. The van der Waals surface area contributed by atoms with Crippen LogP contribution in [0.15, 0.2) is 0 Å². The van der Waals surface area contributed by atoms with Crippen LogP contribution in [0.5, 0.6) is 0 Å². The molecular formula is C7H14N6O6S. The maximum atomic E-state index is 10.6. The molecule has 0 spiro atoms. The van der Waals surface area contributed by atoms with Crippen LogP contribution in [0.3, 0.4) is 0 Å². The van der Waals surface area contributed by atoms with Gasteiger partial charge in [0.15, 0.2) is 0 Å². The Balaban J connectivity index is 0.00000200. The molecule has 12 nitrogen and oxygen atoms in total. The fourth-order valence-corrected chi connectivity index (χ4v) is 1.85. The van der Waals surface area contributed by atoms with Gasteiger partial charge >= 0.3 is 28.2 Å². The molecule has 0 aromatic carbocycles. The summed E-state index contributed by atoms with van der Waals surface area (Å²) in [5, 5.41) is 0. The van der Waals surface area contributed by atoms with E-state index in [9.17, 15) is 8.42 Å². The Bertz CT molecular complexity index is 550. The Hall–Kier alpha value is -1.96. The Morgan fingerprint density at radius 2 is 1.75 bits per heavy atom. The normalized spacial score (nSPS) is 15.6. The molecule has 2 heterocycles. The summed E-state index contributed by atoms with van der Waals surface area (Å²) in [6, 6.07) is 0. The highest BCUT2D eigenvalue weighted by molar-refractivity contribution is 7.80. The third kappa shape index (κ3) is 3.77. The van der Waals surface area contributed by atoms with Crippen molar-refractivity contribution in [3.63, 3.8) is 0 Å². The number of hydrogen-bond donors (Lipinski definition) is 3. The summed E-state index contributed by atoms with van der Waals surface area (Å²) >= 11 is 0. The third-order valence-corrected chi connectivity index (χ3v) is 2.65. The Labute approximate surface area is 114 Å². The summed E-state index contributed by atoms with van der Waals surface area (Å²) in [5.41, 5.74) is 11.0. The summed E-state index contributed by atoms with van der Waals surface area (Å²) in [7, 11) is -4.77. The number of morpholine rings is 1. The predicted molar refractivity (Wildman–Crippen MR) is 64.1 cm³/mol. The molecule has 1 aliphatic heterocycles. The lowest BCUT2D eigenvalue weighted by atomic mass is 10.4. The lowest BCUT2D eigenvalue weighted by Gasteiger charge is -2.24. The summed E-state index contributed by atoms with van der Waals surface area (Å²) in [5.74, 6) is -0.480. The topological polar surface area (TPSA) is 188 Å². The van der Waals surface area contributed by atoms with Gasteiger partial charge in [0.2, 0.25) is 0 Å². The number of nitrogens with zero attached hydrogens (tertiary/aromatic N) is 4. The number of hydrogen-bond acceptors (Lipinski definition) is 10. The van der Waals surface area contributed by atoms with Crippen molar-refractivity contribution in [3.8, 4) is 0 Å². The van der Waals surface area contributed by atoms with Gasteiger partial charge in [-0.1, -0.05) is 9.97 Å². The lowest BCUT2D eigenvalue weighted by Crippen LogP contribution is -2.52. The van der Waals surface area contributed by atoms with E-state index in [0.717, 1.165) is 0 Å². The van der Waals surface area contributed by atoms with Crippen molar-refractivity contribution in [2.24, 2.45) is 0 Å². The summed E-state index contributed by atoms with van der Waals surface area (Å²) < 4.78 is 39.5. The standard InChI is InChI=1S/C7H12N6O5S.H2O/c8-5-10-7(12-1-3-17-4-2-12)11-6(9)13(5)18-19(14,15)16;/h1-4H2,(H4,8,9,10,11,14,15,16);1H2. The average molecular weight is 310 g/mol. The smallest absolute Gasteiger partial charge is 0.472 e. The molecule has 1 aliphatic rings. The number of rotatable bonds is 3. The molecule has 0 atom stereocenters. The highest BCUT2D eigenvalue weighted by atomic mass is 32.3. The monoisotopic (exact) mass is 310 g/mol. The first-order chi connectivity index (χ1) is 8.87. The van der Waals surface area contributed by atoms with Crippen LogP contribution >= 0.6 is 0 Å². The van der Waals surface area contributed by atoms with Gasteiger partial charge in [-0.15, -0.1) is 0 Å². The van der Waals surface area contributed by atoms with Gasteiger partial charge < -0.3 is 26.6 Å². The number of nitrogen functional groups attached to an aromatic ring is 2. The van der Waals surface area contributed by atoms with E-state index in [2.05, 4.69) is 14.3 Å². The first kappa shape index (κ1) is 16.1. The fraction of sp³-hybridized carbons (Fsp3) is 0.571. The predicted octanol–water partition coefficient (Wildman–Crippen LogP) is -3.18. The quantitative estimate of drug-likeness (QED) is 0.377. The van der Waals surface area contributed by atoms with Crippen LogP contribution < -0.4 is 25.4 Å². The van der Waals surface area contributed by atoms with Crippen molar-refractivity contribution in [2.75, 3.05) is 42.7 Å². The maximum Gasteiger partial charge on any atom is 0.472 e. The second kappa shape index (κ2) is 6.00. The van der Waals surface area contributed by atoms with Gasteiger partial charge in [0.05, 0.1) is 13.2 Å². The molecule has 114 valence electrons. The molecule has 6 N–H and O–H groups in total. The lowest BCUT2D eigenvalue weighted by molar-refractivity contribution is -0.836. The molecule has 1 saturated heterocycles. The Morgan fingerprint density at radius 3 is 2.20 bits per heavy atom. The van der Waals surface area contributed by atoms with Gasteiger partial charge in [0.25, 0.3) is 0 Å². The number of nitrogens with two attached hydrogens (primary N) is 2. The van der Waals surface area contributed by atoms with Gasteiger partial charge in [0.1, 0.15) is 0 Å². The highest BCUT2D eigenvalue weighted by Crippen LogP contribution is 2.10. The van der Waals surface area contributed by atoms with Crippen LogP contribution in [0.4, 0.5) is 17.8 Å². The Morgan fingerprint density at radius 1 is 1.25 bits per heavy atom. The zero-order valence-corrected chi connectivity index (χ0v) is 11.0. The second-order valence-electron chi connectivity index (χ2n) is 3.64. The number of ether oxygens (including phenoxy) is 1. The molecule has 0 aliphatic carbocycles. The molecule has 1 aromatic heterocycles. The van der Waals surface area contributed by atoms with Crippen LogP contribution in [0.1, 0.15) is 0 Å². The van der Waals surface area contributed by atoms with Crippen molar-refractivity contribution in [2.45, 2.75) is 0 Å². The van der Waals surface area contributed by atoms with E-state index in [4.69, 9.17) is 20.8 Å². The van der Waals surface area contributed by atoms with Crippen LogP contribution in [-0.4, -0.2) is 54.7 Å². The molecule has 13 heteroatoms. The zero-order chi connectivity index (χ0) is 14.0. The molecule has 1 fully saturated rings. The van der Waals surface area contributed by atoms with Crippen molar-refractivity contribution in [1.82, 2.24) is 9.97 Å². The van der Waals surface area contributed by atoms with Crippen LogP contribution in [0.2, 0.25) is 0 Å². The number of aromatic nitrogens is 3. The van der Waals surface area contributed by atoms with Gasteiger partial charge in [-0.2, -0.15) is 8.42 Å². The van der Waals surface area contributed by atoms with Crippen molar-refractivity contribution < 1.29 is 32.2 Å². The SMILES string of the molecule is Nc1nc(N2CCOCC2)nc(N)[n+]1OS(=O)(=O)O.[OH-]. The molecule has 0 bridgehead atoms. The summed E-state index contributed by atoms with van der Waals surface area (Å²) in [4.78, 5) is 9.49. The van der Waals surface area contributed by atoms with E-state index >= 15 is 0 Å². The minimum atomic E-state index is -4.77. The first-order valence-electron chi connectivity index (χ1n) is 5.22. The average Bonchev–Trinajstić information content (AvgIpc) is 2.33. The van der Waals surface area contributed by atoms with Crippen molar-refractivity contribution in [3.05, 3.63) is 0 Å². The molecule has 0 saturated carbocycles. The largest absolute Gasteiger partial charge is 0.870 e. The van der Waals surface area contributed by atoms with Crippen LogP contribution in [0.25, 0.3) is 0 Å². The molecule has 0 radical (unpaired) electrons. The summed E-state index contributed by atoms with van der Waals surface area (Å²) in [6.07, 6.45) is 0. The molecule has 0 unspecified atom stereocenters. The molecule has 2 rings (SSSR count). The van der Waals surface area contributed by atoms with E-state index in [1.54, 1.807) is 4.90 Å². The van der Waals surface area contributed by atoms with Gasteiger partial charge in [-0.05, 0) is 4.73 Å². The minimum Gasteiger partial charge on any atom is -0.870 e. The van der Waals surface area contributed by atoms with Gasteiger partial charge in [0, 0.05) is 13.1 Å².